The number of anilines is 4. The Bertz CT molecular complexity index is 1480. The molecule has 1 fully saturated rings. The Kier molecular flexibility index (Phi) is 4.50. The van der Waals surface area contributed by atoms with Crippen LogP contribution < -0.4 is 21.3 Å². The summed E-state index contributed by atoms with van der Waals surface area (Å²) in [6.07, 6.45) is 6.97. The molecule has 1 aromatic carbocycles. The second-order valence-corrected chi connectivity index (χ2v) is 8.27. The van der Waals surface area contributed by atoms with Crippen LogP contribution in [-0.2, 0) is 0 Å². The van der Waals surface area contributed by atoms with Gasteiger partial charge in [-0.1, -0.05) is 0 Å². The fourth-order valence-electron chi connectivity index (χ4n) is 4.44. The molecular formula is C22H23FN10. The smallest absolute Gasteiger partial charge is 0.231 e. The molecule has 6 rings (SSSR count). The van der Waals surface area contributed by atoms with E-state index in [-0.39, 0.29) is 11.9 Å². The number of H-pyrrole nitrogens is 1. The van der Waals surface area contributed by atoms with E-state index in [1.54, 1.807) is 24.0 Å². The standard InChI is InChI=1S/C22H23FN10/c1-25-16-9-12(23)8-15-18-20(29-19(15)16)30-22(31-21(18)32-6-3-13(24)4-7-32)28-14-10-26-17-2-5-27-33(17)11-14/h2,5,8-11,13,25H,3-4,6-7,24H2,1H3,(H2,28,29,30,31). The Balaban J connectivity index is 1.52. The van der Waals surface area contributed by atoms with Gasteiger partial charge in [-0.25, -0.2) is 13.9 Å². The van der Waals surface area contributed by atoms with E-state index in [0.29, 0.717) is 23.0 Å². The number of nitrogens with zero attached hydrogens (tertiary/aromatic N) is 6. The quantitative estimate of drug-likeness (QED) is 0.332. The van der Waals surface area contributed by atoms with Crippen LogP contribution in [0.5, 0.6) is 0 Å². The SMILES string of the molecule is CNc1cc(F)cc2c1[nH]c1nc(Nc3cnc4ccnn4c3)nc(N3CCC(N)CC3)c12. The highest BCUT2D eigenvalue weighted by atomic mass is 19.1. The average molecular weight is 446 g/mol. The normalized spacial score (nSPS) is 15.1. The van der Waals surface area contributed by atoms with Gasteiger partial charge in [0.05, 0.1) is 40.9 Å². The number of rotatable bonds is 4. The molecule has 0 unspecified atom stereocenters. The van der Waals surface area contributed by atoms with Crippen LogP contribution in [-0.4, -0.2) is 55.7 Å². The molecule has 0 atom stereocenters. The van der Waals surface area contributed by atoms with Gasteiger partial charge in [-0.05, 0) is 25.0 Å². The second-order valence-electron chi connectivity index (χ2n) is 8.27. The van der Waals surface area contributed by atoms with Crippen LogP contribution in [0.2, 0.25) is 0 Å². The van der Waals surface area contributed by atoms with Gasteiger partial charge in [0.1, 0.15) is 17.3 Å². The topological polar surface area (TPSA) is 125 Å². The molecule has 1 aliphatic rings. The van der Waals surface area contributed by atoms with Crippen LogP contribution in [0.4, 0.5) is 27.5 Å². The van der Waals surface area contributed by atoms with Crippen LogP contribution >= 0.6 is 0 Å². The molecule has 0 amide bonds. The van der Waals surface area contributed by atoms with E-state index in [1.807, 2.05) is 12.3 Å². The summed E-state index contributed by atoms with van der Waals surface area (Å²) in [4.78, 5) is 19.5. The van der Waals surface area contributed by atoms with E-state index in [9.17, 15) is 4.39 Å². The van der Waals surface area contributed by atoms with Crippen LogP contribution in [0.3, 0.4) is 0 Å². The van der Waals surface area contributed by atoms with Crippen molar-refractivity contribution in [3.05, 3.63) is 42.6 Å². The third-order valence-corrected chi connectivity index (χ3v) is 6.12. The molecule has 5 N–H and O–H groups in total. The Labute approximate surface area is 188 Å². The minimum Gasteiger partial charge on any atom is -0.386 e. The summed E-state index contributed by atoms with van der Waals surface area (Å²) in [6.45, 7) is 1.54. The lowest BCUT2D eigenvalue weighted by molar-refractivity contribution is 0.499. The van der Waals surface area contributed by atoms with Crippen LogP contribution in [0.25, 0.3) is 27.6 Å². The first-order chi connectivity index (χ1) is 16.1. The number of aromatic nitrogens is 6. The van der Waals surface area contributed by atoms with Crippen LogP contribution in [0, 0.1) is 5.82 Å². The maximum Gasteiger partial charge on any atom is 0.231 e. The van der Waals surface area contributed by atoms with Crippen molar-refractivity contribution in [2.24, 2.45) is 5.73 Å². The first kappa shape index (κ1) is 19.7. The first-order valence-corrected chi connectivity index (χ1v) is 10.9. The number of fused-ring (bicyclic) bond motifs is 4. The molecular weight excluding hydrogens is 423 g/mol. The average Bonchev–Trinajstić information content (AvgIpc) is 3.42. The minimum absolute atomic E-state index is 0.180. The van der Waals surface area contributed by atoms with Gasteiger partial charge in [0.2, 0.25) is 5.95 Å². The summed E-state index contributed by atoms with van der Waals surface area (Å²) >= 11 is 0. The third kappa shape index (κ3) is 3.37. The monoisotopic (exact) mass is 446 g/mol. The van der Waals surface area contributed by atoms with Gasteiger partial charge in [0.25, 0.3) is 0 Å². The predicted octanol–water partition coefficient (Wildman–Crippen LogP) is 3.01. The Hall–Kier alpha value is -3.99. The first-order valence-electron chi connectivity index (χ1n) is 10.9. The van der Waals surface area contributed by atoms with Crippen molar-refractivity contribution in [3.63, 3.8) is 0 Å². The number of nitrogens with two attached hydrogens (primary N) is 1. The molecule has 33 heavy (non-hydrogen) atoms. The van der Waals surface area contributed by atoms with Gasteiger partial charge in [0, 0.05) is 37.6 Å². The van der Waals surface area contributed by atoms with E-state index in [0.717, 1.165) is 53.7 Å². The number of aromatic amines is 1. The van der Waals surface area contributed by atoms with E-state index in [1.165, 1.54) is 12.1 Å². The van der Waals surface area contributed by atoms with Crippen molar-refractivity contribution < 1.29 is 4.39 Å². The molecule has 5 heterocycles. The molecule has 0 aliphatic carbocycles. The van der Waals surface area contributed by atoms with Crippen molar-refractivity contribution in [1.82, 2.24) is 29.5 Å². The predicted molar refractivity (Wildman–Crippen MR) is 127 cm³/mol. The zero-order valence-electron chi connectivity index (χ0n) is 18.0. The third-order valence-electron chi connectivity index (χ3n) is 6.12. The van der Waals surface area contributed by atoms with Gasteiger partial charge in [-0.3, -0.25) is 0 Å². The summed E-state index contributed by atoms with van der Waals surface area (Å²) in [5, 5.41) is 12.1. The molecule has 0 bridgehead atoms. The molecule has 1 saturated heterocycles. The van der Waals surface area contributed by atoms with E-state index < -0.39 is 0 Å². The summed E-state index contributed by atoms with van der Waals surface area (Å²) in [6, 6.07) is 5.00. The van der Waals surface area contributed by atoms with Crippen LogP contribution in [0.1, 0.15) is 12.8 Å². The maximum absolute atomic E-state index is 14.4. The molecule has 0 saturated carbocycles. The Morgan fingerprint density at radius 1 is 1.21 bits per heavy atom. The lowest BCUT2D eigenvalue weighted by atomic mass is 10.1. The van der Waals surface area contributed by atoms with Gasteiger partial charge >= 0.3 is 0 Å². The second kappa shape index (κ2) is 7.55. The van der Waals surface area contributed by atoms with Crippen molar-refractivity contribution in [2.75, 3.05) is 35.7 Å². The number of piperidine rings is 1. The number of benzene rings is 1. The number of nitrogens with one attached hydrogen (secondary N) is 3. The van der Waals surface area contributed by atoms with Crippen molar-refractivity contribution in [3.8, 4) is 0 Å². The lowest BCUT2D eigenvalue weighted by Crippen LogP contribution is -2.40. The highest BCUT2D eigenvalue weighted by Crippen LogP contribution is 2.37. The molecule has 0 radical (unpaired) electrons. The van der Waals surface area contributed by atoms with E-state index in [4.69, 9.17) is 15.7 Å². The molecule has 1 aliphatic heterocycles. The largest absolute Gasteiger partial charge is 0.386 e. The molecule has 4 aromatic heterocycles. The summed E-state index contributed by atoms with van der Waals surface area (Å²) in [5.41, 5.74) is 9.67. The minimum atomic E-state index is -0.319. The van der Waals surface area contributed by atoms with E-state index >= 15 is 0 Å². The Morgan fingerprint density at radius 3 is 2.88 bits per heavy atom. The van der Waals surface area contributed by atoms with Crippen molar-refractivity contribution >= 4 is 50.7 Å². The summed E-state index contributed by atoms with van der Waals surface area (Å²) < 4.78 is 16.1. The number of halogens is 1. The van der Waals surface area contributed by atoms with Gasteiger partial charge < -0.3 is 26.3 Å². The highest BCUT2D eigenvalue weighted by Gasteiger charge is 2.24. The van der Waals surface area contributed by atoms with Gasteiger partial charge in [-0.2, -0.15) is 15.1 Å². The van der Waals surface area contributed by atoms with Crippen molar-refractivity contribution in [1.29, 1.82) is 0 Å². The maximum atomic E-state index is 14.4. The Morgan fingerprint density at radius 2 is 2.06 bits per heavy atom. The summed E-state index contributed by atoms with van der Waals surface area (Å²) in [5.74, 6) is 0.848. The molecule has 10 nitrogen and oxygen atoms in total. The number of hydrogen-bond acceptors (Lipinski definition) is 8. The fourth-order valence-corrected chi connectivity index (χ4v) is 4.44. The number of hydrogen-bond donors (Lipinski definition) is 4. The van der Waals surface area contributed by atoms with Gasteiger partial charge in [-0.15, -0.1) is 0 Å². The zero-order valence-corrected chi connectivity index (χ0v) is 18.0. The molecule has 5 aromatic rings. The molecule has 0 spiro atoms. The fraction of sp³-hybridized carbons (Fsp3) is 0.273. The molecule has 11 heteroatoms. The molecule has 168 valence electrons. The van der Waals surface area contributed by atoms with E-state index in [2.05, 4.69) is 30.6 Å². The summed E-state index contributed by atoms with van der Waals surface area (Å²) in [7, 11) is 1.77. The van der Waals surface area contributed by atoms with Crippen LogP contribution in [0.15, 0.2) is 36.8 Å². The highest BCUT2D eigenvalue weighted by molar-refractivity contribution is 6.14. The van der Waals surface area contributed by atoms with Gasteiger partial charge in [0.15, 0.2) is 5.65 Å². The van der Waals surface area contributed by atoms with Crippen molar-refractivity contribution in [2.45, 2.75) is 18.9 Å². The zero-order chi connectivity index (χ0) is 22.5. The lowest BCUT2D eigenvalue weighted by Gasteiger charge is -2.31.